The van der Waals surface area contributed by atoms with E-state index in [0.29, 0.717) is 11.4 Å². The van der Waals surface area contributed by atoms with Gasteiger partial charge < -0.3 is 4.74 Å². The van der Waals surface area contributed by atoms with Gasteiger partial charge in [-0.05, 0) is 39.0 Å². The molecule has 0 atom stereocenters. The fourth-order valence-electron chi connectivity index (χ4n) is 1.82. The van der Waals surface area contributed by atoms with Gasteiger partial charge in [-0.25, -0.2) is 4.68 Å². The van der Waals surface area contributed by atoms with Gasteiger partial charge in [0.15, 0.2) is 0 Å². The molecule has 6 nitrogen and oxygen atoms in total. The zero-order chi connectivity index (χ0) is 14.9. The number of ether oxygens (including phenoxy) is 1. The molecule has 2 rings (SSSR count). The van der Waals surface area contributed by atoms with E-state index >= 15 is 0 Å². The minimum absolute atomic E-state index is 0.0375. The Balaban J connectivity index is 2.51. The van der Waals surface area contributed by atoms with Crippen LogP contribution < -0.4 is 4.74 Å². The second-order valence-corrected chi connectivity index (χ2v) is 5.51. The van der Waals surface area contributed by atoms with Gasteiger partial charge in [0.05, 0.1) is 11.0 Å². The Morgan fingerprint density at radius 2 is 2.15 bits per heavy atom. The van der Waals surface area contributed by atoms with Gasteiger partial charge in [-0.15, -0.1) is 0 Å². The van der Waals surface area contributed by atoms with E-state index in [1.807, 2.05) is 19.9 Å². The fourth-order valence-corrected chi connectivity index (χ4v) is 2.19. The van der Waals surface area contributed by atoms with Gasteiger partial charge in [0.25, 0.3) is 5.88 Å². The van der Waals surface area contributed by atoms with Gasteiger partial charge in [0, 0.05) is 4.47 Å². The van der Waals surface area contributed by atoms with Crippen molar-refractivity contribution < 1.29 is 9.66 Å². The summed E-state index contributed by atoms with van der Waals surface area (Å²) in [6, 6.07) is 7.10. The first-order chi connectivity index (χ1) is 9.40. The molecule has 0 fully saturated rings. The van der Waals surface area contributed by atoms with E-state index < -0.39 is 4.92 Å². The molecule has 0 N–H and O–H groups in total. The molecule has 0 unspecified atom stereocenters. The molecule has 1 aromatic heterocycles. The lowest BCUT2D eigenvalue weighted by atomic mass is 10.3. The third-order valence-corrected chi connectivity index (χ3v) is 3.19. The minimum Gasteiger partial charge on any atom is -0.434 e. The summed E-state index contributed by atoms with van der Waals surface area (Å²) in [7, 11) is 0. The number of halogens is 1. The van der Waals surface area contributed by atoms with Gasteiger partial charge in [-0.3, -0.25) is 10.1 Å². The molecule has 0 radical (unpaired) electrons. The molecule has 1 aromatic carbocycles. The Morgan fingerprint density at radius 1 is 1.45 bits per heavy atom. The Bertz CT molecular complexity index is 652. The van der Waals surface area contributed by atoms with Crippen LogP contribution in [0.5, 0.6) is 11.6 Å². The summed E-state index contributed by atoms with van der Waals surface area (Å²) in [6.45, 7) is 5.39. The van der Waals surface area contributed by atoms with Crippen LogP contribution in [-0.4, -0.2) is 14.7 Å². The number of aryl methyl sites for hydroxylation is 1. The maximum Gasteiger partial charge on any atom is 0.353 e. The van der Waals surface area contributed by atoms with Crippen molar-refractivity contribution in [2.24, 2.45) is 0 Å². The zero-order valence-electron chi connectivity index (χ0n) is 11.3. The van der Waals surface area contributed by atoms with E-state index in [9.17, 15) is 10.1 Å². The summed E-state index contributed by atoms with van der Waals surface area (Å²) in [6.07, 6.45) is 0. The Hall–Kier alpha value is -1.89. The topological polar surface area (TPSA) is 70.2 Å². The van der Waals surface area contributed by atoms with E-state index in [1.54, 1.807) is 25.1 Å². The quantitative estimate of drug-likeness (QED) is 0.617. The van der Waals surface area contributed by atoms with E-state index in [4.69, 9.17) is 4.74 Å². The van der Waals surface area contributed by atoms with Crippen LogP contribution in [0.3, 0.4) is 0 Å². The lowest BCUT2D eigenvalue weighted by Gasteiger charge is -2.11. The molecular weight excluding hydrogens is 326 g/mol. The van der Waals surface area contributed by atoms with Crippen LogP contribution in [0.4, 0.5) is 5.69 Å². The Morgan fingerprint density at radius 3 is 2.70 bits per heavy atom. The highest BCUT2D eigenvalue weighted by Crippen LogP contribution is 2.36. The van der Waals surface area contributed by atoms with Gasteiger partial charge in [-0.1, -0.05) is 22.0 Å². The molecule has 0 saturated carbocycles. The predicted molar refractivity (Wildman–Crippen MR) is 78.2 cm³/mol. The number of rotatable bonds is 4. The number of hydrogen-bond donors (Lipinski definition) is 0. The summed E-state index contributed by atoms with van der Waals surface area (Å²) in [4.78, 5) is 10.7. The zero-order valence-corrected chi connectivity index (χ0v) is 12.9. The summed E-state index contributed by atoms with van der Waals surface area (Å²) in [5.41, 5.74) is 0.243. The molecule has 0 bridgehead atoms. The number of nitrogens with zero attached hydrogens (tertiary/aromatic N) is 3. The first-order valence-corrected chi connectivity index (χ1v) is 6.86. The number of benzene rings is 1. The third kappa shape index (κ3) is 2.82. The highest BCUT2D eigenvalue weighted by molar-refractivity contribution is 9.10. The normalized spacial score (nSPS) is 10.8. The summed E-state index contributed by atoms with van der Waals surface area (Å²) >= 11 is 3.34. The molecule has 0 saturated heterocycles. The molecular formula is C13H14BrN3O3. The van der Waals surface area contributed by atoms with Crippen molar-refractivity contribution in [1.29, 1.82) is 0 Å². The lowest BCUT2D eigenvalue weighted by molar-refractivity contribution is -0.386. The predicted octanol–water partition coefficient (Wildman–Crippen LogP) is 4.24. The summed E-state index contributed by atoms with van der Waals surface area (Å²) < 4.78 is 8.05. The van der Waals surface area contributed by atoms with E-state index in [1.165, 1.54) is 4.68 Å². The SMILES string of the molecule is Cc1nn(C(C)C)c(Oc2cccc(Br)c2)c1[N+](=O)[O-]. The smallest absolute Gasteiger partial charge is 0.353 e. The average Bonchev–Trinajstić information content (AvgIpc) is 2.66. The average molecular weight is 340 g/mol. The molecule has 0 aliphatic heterocycles. The number of nitro groups is 1. The first kappa shape index (κ1) is 14.5. The molecule has 1 heterocycles. The standard InChI is InChI=1S/C13H14BrN3O3/c1-8(2)16-13(12(17(18)19)9(3)15-16)20-11-6-4-5-10(14)7-11/h4-8H,1-3H3. The van der Waals surface area contributed by atoms with Crippen molar-refractivity contribution >= 4 is 21.6 Å². The Labute approximate surface area is 124 Å². The van der Waals surface area contributed by atoms with E-state index in [2.05, 4.69) is 21.0 Å². The van der Waals surface area contributed by atoms with E-state index in [0.717, 1.165) is 4.47 Å². The van der Waals surface area contributed by atoms with Crippen molar-refractivity contribution in [3.8, 4) is 11.6 Å². The van der Waals surface area contributed by atoms with Crippen LogP contribution in [0.25, 0.3) is 0 Å². The van der Waals surface area contributed by atoms with Crippen LogP contribution in [0.1, 0.15) is 25.6 Å². The maximum absolute atomic E-state index is 11.2. The molecule has 106 valence electrons. The summed E-state index contributed by atoms with van der Waals surface area (Å²) in [5.74, 6) is 0.671. The Kier molecular flexibility index (Phi) is 4.08. The third-order valence-electron chi connectivity index (χ3n) is 2.69. The highest BCUT2D eigenvalue weighted by Gasteiger charge is 2.28. The molecule has 7 heteroatoms. The first-order valence-electron chi connectivity index (χ1n) is 6.07. The monoisotopic (exact) mass is 339 g/mol. The molecule has 0 amide bonds. The van der Waals surface area contributed by atoms with Crippen LogP contribution in [-0.2, 0) is 0 Å². The fraction of sp³-hybridized carbons (Fsp3) is 0.308. The molecule has 0 spiro atoms. The van der Waals surface area contributed by atoms with Crippen molar-refractivity contribution in [2.75, 3.05) is 0 Å². The van der Waals surface area contributed by atoms with E-state index in [-0.39, 0.29) is 17.6 Å². The van der Waals surface area contributed by atoms with Crippen molar-refractivity contribution in [3.05, 3.63) is 44.5 Å². The second-order valence-electron chi connectivity index (χ2n) is 4.59. The van der Waals surface area contributed by atoms with Crippen LogP contribution in [0.2, 0.25) is 0 Å². The number of aromatic nitrogens is 2. The lowest BCUT2D eigenvalue weighted by Crippen LogP contribution is -2.05. The second kappa shape index (κ2) is 5.62. The van der Waals surface area contributed by atoms with Crippen LogP contribution >= 0.6 is 15.9 Å². The van der Waals surface area contributed by atoms with Gasteiger partial charge >= 0.3 is 5.69 Å². The molecule has 0 aliphatic rings. The van der Waals surface area contributed by atoms with Gasteiger partial charge in [-0.2, -0.15) is 5.10 Å². The molecule has 2 aromatic rings. The van der Waals surface area contributed by atoms with Crippen LogP contribution in [0.15, 0.2) is 28.7 Å². The van der Waals surface area contributed by atoms with Crippen molar-refractivity contribution in [3.63, 3.8) is 0 Å². The molecule has 20 heavy (non-hydrogen) atoms. The van der Waals surface area contributed by atoms with Crippen LogP contribution in [0, 0.1) is 17.0 Å². The van der Waals surface area contributed by atoms with Gasteiger partial charge in [0.2, 0.25) is 0 Å². The van der Waals surface area contributed by atoms with Crippen molar-refractivity contribution in [1.82, 2.24) is 9.78 Å². The number of hydrogen-bond acceptors (Lipinski definition) is 4. The van der Waals surface area contributed by atoms with Crippen molar-refractivity contribution in [2.45, 2.75) is 26.8 Å². The minimum atomic E-state index is -0.464. The largest absolute Gasteiger partial charge is 0.434 e. The van der Waals surface area contributed by atoms with Gasteiger partial charge in [0.1, 0.15) is 11.4 Å². The highest BCUT2D eigenvalue weighted by atomic mass is 79.9. The maximum atomic E-state index is 11.2. The molecule has 0 aliphatic carbocycles. The summed E-state index contributed by atoms with van der Waals surface area (Å²) in [5, 5.41) is 15.4.